The number of rotatable bonds is 6. The number of hydrazone groups is 1. The fraction of sp³-hybridized carbons (Fsp3) is 0.167. The highest BCUT2D eigenvalue weighted by Gasteiger charge is 2.07. The Balaban J connectivity index is 1.80. The van der Waals surface area contributed by atoms with Crippen molar-refractivity contribution >= 4 is 45.1 Å². The molecule has 0 saturated carbocycles. The quantitative estimate of drug-likeness (QED) is 0.547. The minimum atomic E-state index is -0.331. The summed E-state index contributed by atoms with van der Waals surface area (Å²) in [7, 11) is 0. The molecule has 7 heteroatoms. The summed E-state index contributed by atoms with van der Waals surface area (Å²) < 4.78 is 0.808. The molecule has 25 heavy (non-hydrogen) atoms. The van der Waals surface area contributed by atoms with Gasteiger partial charge in [-0.05, 0) is 42.8 Å². The first kappa shape index (κ1) is 19.1. The Bertz CT molecular complexity index is 791. The molecule has 2 amide bonds. The number of nitrogens with one attached hydrogen (secondary N) is 2. The van der Waals surface area contributed by atoms with Crippen LogP contribution in [0.25, 0.3) is 0 Å². The molecule has 2 aromatic carbocycles. The summed E-state index contributed by atoms with van der Waals surface area (Å²) in [6, 6.07) is 14.2. The molecular formula is C18H17BrClN3O2. The Morgan fingerprint density at radius 1 is 1.16 bits per heavy atom. The maximum absolute atomic E-state index is 12.0. The van der Waals surface area contributed by atoms with Crippen LogP contribution in [0.15, 0.2) is 58.1 Å². The van der Waals surface area contributed by atoms with Crippen LogP contribution >= 0.6 is 27.5 Å². The molecule has 2 aromatic rings. The van der Waals surface area contributed by atoms with Crippen molar-refractivity contribution in [2.45, 2.75) is 19.9 Å². The van der Waals surface area contributed by atoms with Gasteiger partial charge in [0, 0.05) is 27.3 Å². The van der Waals surface area contributed by atoms with E-state index in [1.807, 2.05) is 18.2 Å². The molecule has 2 rings (SSSR count). The first-order chi connectivity index (χ1) is 11.9. The number of hydrogen-bond donors (Lipinski definition) is 2. The van der Waals surface area contributed by atoms with E-state index < -0.39 is 0 Å². The third-order valence-electron chi connectivity index (χ3n) is 3.25. The number of hydrogen-bond acceptors (Lipinski definition) is 3. The molecule has 0 spiro atoms. The van der Waals surface area contributed by atoms with Gasteiger partial charge in [-0.15, -0.1) is 0 Å². The van der Waals surface area contributed by atoms with Gasteiger partial charge in [0.2, 0.25) is 5.91 Å². The zero-order valence-electron chi connectivity index (χ0n) is 13.6. The van der Waals surface area contributed by atoms with Crippen molar-refractivity contribution < 1.29 is 9.59 Å². The SMILES string of the molecule is C/C(CC(=O)NCc1ccc(Cl)cc1)=N\NC(=O)c1cccc(Br)c1. The average Bonchev–Trinajstić information content (AvgIpc) is 2.59. The van der Waals surface area contributed by atoms with Crippen LogP contribution in [0, 0.1) is 0 Å². The molecule has 0 aliphatic heterocycles. The van der Waals surface area contributed by atoms with E-state index in [-0.39, 0.29) is 18.2 Å². The van der Waals surface area contributed by atoms with E-state index in [1.54, 1.807) is 37.3 Å². The highest BCUT2D eigenvalue weighted by atomic mass is 79.9. The third-order valence-corrected chi connectivity index (χ3v) is 4.00. The summed E-state index contributed by atoms with van der Waals surface area (Å²) in [4.78, 5) is 23.9. The van der Waals surface area contributed by atoms with Crippen molar-refractivity contribution in [1.82, 2.24) is 10.7 Å². The smallest absolute Gasteiger partial charge is 0.271 e. The maximum atomic E-state index is 12.0. The van der Waals surface area contributed by atoms with Crippen LogP contribution in [0.3, 0.4) is 0 Å². The van der Waals surface area contributed by atoms with Gasteiger partial charge in [0.25, 0.3) is 5.91 Å². The summed E-state index contributed by atoms with van der Waals surface area (Å²) in [5, 5.41) is 7.41. The van der Waals surface area contributed by atoms with Gasteiger partial charge >= 0.3 is 0 Å². The van der Waals surface area contributed by atoms with E-state index in [1.165, 1.54) is 0 Å². The zero-order valence-corrected chi connectivity index (χ0v) is 15.9. The standard InChI is InChI=1S/C18H17BrClN3O2/c1-12(22-23-18(25)14-3-2-4-15(19)10-14)9-17(24)21-11-13-5-7-16(20)8-6-13/h2-8,10H,9,11H2,1H3,(H,21,24)(H,23,25)/b22-12+. The molecule has 0 aliphatic carbocycles. The normalized spacial score (nSPS) is 11.1. The van der Waals surface area contributed by atoms with E-state index in [0.717, 1.165) is 10.0 Å². The summed E-state index contributed by atoms with van der Waals surface area (Å²) in [5.41, 5.74) is 4.39. The van der Waals surface area contributed by atoms with Gasteiger partial charge in [-0.2, -0.15) is 5.10 Å². The van der Waals surface area contributed by atoms with Gasteiger partial charge in [0.05, 0.1) is 6.42 Å². The molecule has 0 aromatic heterocycles. The lowest BCUT2D eigenvalue weighted by molar-refractivity contribution is -0.120. The molecule has 0 aliphatic rings. The second kappa shape index (κ2) is 9.34. The monoisotopic (exact) mass is 421 g/mol. The minimum absolute atomic E-state index is 0.104. The van der Waals surface area contributed by atoms with Crippen molar-refractivity contribution in [3.05, 3.63) is 69.2 Å². The van der Waals surface area contributed by atoms with Crippen LogP contribution in [0.5, 0.6) is 0 Å². The molecule has 0 atom stereocenters. The van der Waals surface area contributed by atoms with E-state index >= 15 is 0 Å². The number of carbonyl (C=O) groups is 2. The van der Waals surface area contributed by atoms with Gasteiger partial charge in [0.1, 0.15) is 0 Å². The lowest BCUT2D eigenvalue weighted by Gasteiger charge is -2.06. The molecule has 0 fully saturated rings. The Morgan fingerprint density at radius 3 is 2.56 bits per heavy atom. The first-order valence-electron chi connectivity index (χ1n) is 7.54. The average molecular weight is 423 g/mol. The molecular weight excluding hydrogens is 406 g/mol. The number of carbonyl (C=O) groups excluding carboxylic acids is 2. The summed E-state index contributed by atoms with van der Waals surface area (Å²) >= 11 is 9.12. The predicted molar refractivity (Wildman–Crippen MR) is 103 cm³/mol. The van der Waals surface area contributed by atoms with Crippen molar-refractivity contribution in [3.8, 4) is 0 Å². The zero-order chi connectivity index (χ0) is 18.2. The molecule has 0 bridgehead atoms. The van der Waals surface area contributed by atoms with Gasteiger partial charge in [-0.3, -0.25) is 9.59 Å². The molecule has 5 nitrogen and oxygen atoms in total. The number of amides is 2. The van der Waals surface area contributed by atoms with Gasteiger partial charge < -0.3 is 5.32 Å². The second-order valence-corrected chi connectivity index (χ2v) is 6.73. The number of benzene rings is 2. The van der Waals surface area contributed by atoms with E-state index in [9.17, 15) is 9.59 Å². The summed E-state index contributed by atoms with van der Waals surface area (Å²) in [6.45, 7) is 2.09. The molecule has 0 unspecified atom stereocenters. The van der Waals surface area contributed by atoms with Gasteiger partial charge in [-0.1, -0.05) is 45.7 Å². The van der Waals surface area contributed by atoms with Crippen molar-refractivity contribution in [3.63, 3.8) is 0 Å². The van der Waals surface area contributed by atoms with E-state index in [2.05, 4.69) is 31.8 Å². The Hall–Kier alpha value is -2.18. The molecule has 0 heterocycles. The fourth-order valence-electron chi connectivity index (χ4n) is 1.98. The number of halogens is 2. The minimum Gasteiger partial charge on any atom is -0.352 e. The van der Waals surface area contributed by atoms with E-state index in [0.29, 0.717) is 22.8 Å². The second-order valence-electron chi connectivity index (χ2n) is 5.38. The van der Waals surface area contributed by atoms with Crippen LogP contribution in [-0.2, 0) is 11.3 Å². The van der Waals surface area contributed by atoms with Crippen molar-refractivity contribution in [1.29, 1.82) is 0 Å². The Morgan fingerprint density at radius 2 is 1.88 bits per heavy atom. The van der Waals surface area contributed by atoms with Crippen LogP contribution < -0.4 is 10.7 Å². The number of nitrogens with zero attached hydrogens (tertiary/aromatic N) is 1. The van der Waals surface area contributed by atoms with Crippen LogP contribution in [0.2, 0.25) is 5.02 Å². The van der Waals surface area contributed by atoms with Crippen LogP contribution in [0.4, 0.5) is 0 Å². The van der Waals surface area contributed by atoms with Crippen LogP contribution in [-0.4, -0.2) is 17.5 Å². The third kappa shape index (κ3) is 6.68. The Kier molecular flexibility index (Phi) is 7.16. The maximum Gasteiger partial charge on any atom is 0.271 e. The lowest BCUT2D eigenvalue weighted by atomic mass is 10.2. The first-order valence-corrected chi connectivity index (χ1v) is 8.71. The molecule has 0 saturated heterocycles. The summed E-state index contributed by atoms with van der Waals surface area (Å²) in [6.07, 6.45) is 0.104. The Labute approximate surface area is 159 Å². The predicted octanol–water partition coefficient (Wildman–Crippen LogP) is 3.91. The highest BCUT2D eigenvalue weighted by Crippen LogP contribution is 2.11. The van der Waals surface area contributed by atoms with E-state index in [4.69, 9.17) is 11.6 Å². The van der Waals surface area contributed by atoms with Crippen LogP contribution in [0.1, 0.15) is 29.3 Å². The highest BCUT2D eigenvalue weighted by molar-refractivity contribution is 9.10. The molecule has 2 N–H and O–H groups in total. The molecule has 130 valence electrons. The fourth-order valence-corrected chi connectivity index (χ4v) is 2.50. The topological polar surface area (TPSA) is 70.6 Å². The van der Waals surface area contributed by atoms with Gasteiger partial charge in [0.15, 0.2) is 0 Å². The lowest BCUT2D eigenvalue weighted by Crippen LogP contribution is -2.26. The van der Waals surface area contributed by atoms with Crippen molar-refractivity contribution in [2.24, 2.45) is 5.10 Å². The largest absolute Gasteiger partial charge is 0.352 e. The van der Waals surface area contributed by atoms with Gasteiger partial charge in [-0.25, -0.2) is 5.43 Å². The van der Waals surface area contributed by atoms with Crippen molar-refractivity contribution in [2.75, 3.05) is 0 Å². The molecule has 0 radical (unpaired) electrons. The summed E-state index contributed by atoms with van der Waals surface area (Å²) in [5.74, 6) is -0.505.